The highest BCUT2D eigenvalue weighted by Crippen LogP contribution is 2.41. The van der Waals surface area contributed by atoms with Crippen molar-refractivity contribution in [2.75, 3.05) is 45.3 Å². The van der Waals surface area contributed by atoms with E-state index in [1.165, 1.54) is 18.2 Å². The van der Waals surface area contributed by atoms with E-state index in [2.05, 4.69) is 10.2 Å². The van der Waals surface area contributed by atoms with Gasteiger partial charge in [-0.05, 0) is 23.3 Å². The van der Waals surface area contributed by atoms with Gasteiger partial charge in [-0.2, -0.15) is 5.10 Å². The molecule has 2 aliphatic heterocycles. The maximum absolute atomic E-state index is 14.9. The van der Waals surface area contributed by atoms with E-state index in [0.29, 0.717) is 25.3 Å². The van der Waals surface area contributed by atoms with Gasteiger partial charge in [-0.15, -0.1) is 0 Å². The van der Waals surface area contributed by atoms with Crippen LogP contribution in [0, 0.1) is 17.6 Å². The Balaban J connectivity index is 1.44. The topological polar surface area (TPSA) is 87.8 Å². The molecule has 0 bridgehead atoms. The summed E-state index contributed by atoms with van der Waals surface area (Å²) in [7, 11) is 3.25. The lowest BCUT2D eigenvalue weighted by atomic mass is 9.80. The quantitative estimate of drug-likeness (QED) is 0.534. The van der Waals surface area contributed by atoms with Crippen LogP contribution in [0.3, 0.4) is 0 Å². The van der Waals surface area contributed by atoms with Crippen LogP contribution in [0.4, 0.5) is 14.6 Å². The molecule has 0 unspecified atom stereocenters. The average Bonchev–Trinajstić information content (AvgIpc) is 3.38. The average molecular weight is 525 g/mol. The number of benzene rings is 2. The molecule has 3 aromatic rings. The first-order chi connectivity index (χ1) is 18.4. The second-order valence-electron chi connectivity index (χ2n) is 9.78. The lowest BCUT2D eigenvalue weighted by molar-refractivity contribution is -0.170. The standard InChI is InChI=1S/C28H30F2N4O4/c1-37-24-17-33(13-12-28(24,38-2)18-6-4-3-5-7-18)27(36)22-16-34(25-10-11-26(35)32-31-25)15-21(22)20-9-8-19(29)14-23(20)30/h3-11,14,21-22,24H,12-13,15-17H2,1-2H3,(H,32,35)/t21-,22+,24-,28-/m0/s1. The summed E-state index contributed by atoms with van der Waals surface area (Å²) in [6.07, 6.45) is 0.0950. The SMILES string of the molecule is CO[C@H]1CN(C(=O)[C@@H]2CN(c3ccc(=O)[nH]n3)C[C@H]2c2ccc(F)cc2F)CC[C@]1(OC)c1ccccc1. The maximum Gasteiger partial charge on any atom is 0.264 e. The molecule has 200 valence electrons. The Hall–Kier alpha value is -3.63. The molecule has 1 aromatic heterocycles. The molecule has 0 radical (unpaired) electrons. The van der Waals surface area contributed by atoms with Crippen molar-refractivity contribution in [2.24, 2.45) is 5.92 Å². The van der Waals surface area contributed by atoms with Gasteiger partial charge in [0.2, 0.25) is 5.91 Å². The highest BCUT2D eigenvalue weighted by molar-refractivity contribution is 5.82. The van der Waals surface area contributed by atoms with Crippen LogP contribution in [0.1, 0.15) is 23.5 Å². The highest BCUT2D eigenvalue weighted by Gasteiger charge is 2.49. The molecule has 0 saturated carbocycles. The number of amides is 1. The summed E-state index contributed by atoms with van der Waals surface area (Å²) in [6, 6.07) is 16.2. The van der Waals surface area contributed by atoms with E-state index in [9.17, 15) is 18.4 Å². The van der Waals surface area contributed by atoms with Gasteiger partial charge in [0.25, 0.3) is 5.56 Å². The Morgan fingerprint density at radius 3 is 2.50 bits per heavy atom. The van der Waals surface area contributed by atoms with Gasteiger partial charge in [-0.1, -0.05) is 36.4 Å². The maximum atomic E-state index is 14.9. The van der Waals surface area contributed by atoms with Gasteiger partial charge < -0.3 is 19.3 Å². The van der Waals surface area contributed by atoms with Gasteiger partial charge in [0, 0.05) is 58.3 Å². The fourth-order valence-electron chi connectivity index (χ4n) is 5.87. The summed E-state index contributed by atoms with van der Waals surface area (Å²) in [4.78, 5) is 29.1. The van der Waals surface area contributed by atoms with E-state index in [-0.39, 0.29) is 30.1 Å². The van der Waals surface area contributed by atoms with E-state index >= 15 is 0 Å². The fourth-order valence-corrected chi connectivity index (χ4v) is 5.87. The first-order valence-corrected chi connectivity index (χ1v) is 12.5. The summed E-state index contributed by atoms with van der Waals surface area (Å²) >= 11 is 0. The molecule has 1 N–H and O–H groups in total. The lowest BCUT2D eigenvalue weighted by Gasteiger charge is -2.47. The molecule has 3 heterocycles. The number of piperidine rings is 1. The van der Waals surface area contributed by atoms with E-state index in [1.54, 1.807) is 25.2 Å². The number of aromatic nitrogens is 2. The number of anilines is 1. The first kappa shape index (κ1) is 26.0. The van der Waals surface area contributed by atoms with Crippen molar-refractivity contribution in [3.63, 3.8) is 0 Å². The molecule has 2 aromatic carbocycles. The summed E-state index contributed by atoms with van der Waals surface area (Å²) < 4.78 is 40.5. The molecule has 38 heavy (non-hydrogen) atoms. The number of nitrogens with one attached hydrogen (secondary N) is 1. The van der Waals surface area contributed by atoms with Crippen molar-refractivity contribution in [1.29, 1.82) is 0 Å². The summed E-state index contributed by atoms with van der Waals surface area (Å²) in [5.74, 6) is -2.20. The minimum absolute atomic E-state index is 0.148. The third-order valence-corrected chi connectivity index (χ3v) is 7.87. The lowest BCUT2D eigenvalue weighted by Crippen LogP contribution is -2.57. The van der Waals surface area contributed by atoms with Crippen LogP contribution in [-0.4, -0.2) is 67.5 Å². The minimum atomic E-state index is -0.712. The number of rotatable bonds is 6. The van der Waals surface area contributed by atoms with Gasteiger partial charge >= 0.3 is 0 Å². The third-order valence-electron chi connectivity index (χ3n) is 7.87. The predicted octanol–water partition coefficient (Wildman–Crippen LogP) is 3.06. The van der Waals surface area contributed by atoms with Crippen molar-refractivity contribution in [1.82, 2.24) is 15.1 Å². The summed E-state index contributed by atoms with van der Waals surface area (Å²) in [6.45, 7) is 1.27. The fraction of sp³-hybridized carbons (Fsp3) is 0.393. The van der Waals surface area contributed by atoms with Gasteiger partial charge in [0.1, 0.15) is 29.2 Å². The van der Waals surface area contributed by atoms with E-state index in [1.807, 2.05) is 35.2 Å². The monoisotopic (exact) mass is 524 g/mol. The van der Waals surface area contributed by atoms with Crippen molar-refractivity contribution in [3.05, 3.63) is 93.8 Å². The number of hydrogen-bond donors (Lipinski definition) is 1. The number of ether oxygens (including phenoxy) is 2. The van der Waals surface area contributed by atoms with Crippen LogP contribution in [0.5, 0.6) is 0 Å². The number of H-pyrrole nitrogens is 1. The van der Waals surface area contributed by atoms with Crippen LogP contribution in [-0.2, 0) is 19.9 Å². The number of hydrogen-bond acceptors (Lipinski definition) is 6. The third kappa shape index (κ3) is 4.69. The molecule has 2 saturated heterocycles. The van der Waals surface area contributed by atoms with Crippen LogP contribution < -0.4 is 10.5 Å². The number of methoxy groups -OCH3 is 2. The smallest absolute Gasteiger partial charge is 0.264 e. The number of aromatic amines is 1. The van der Waals surface area contributed by atoms with Crippen LogP contribution in [0.15, 0.2) is 65.5 Å². The molecular formula is C28H30F2N4O4. The minimum Gasteiger partial charge on any atom is -0.376 e. The Bertz CT molecular complexity index is 1330. The number of carbonyl (C=O) groups is 1. The van der Waals surface area contributed by atoms with Crippen molar-refractivity contribution < 1.29 is 23.0 Å². The molecule has 10 heteroatoms. The first-order valence-electron chi connectivity index (χ1n) is 12.5. The molecule has 0 spiro atoms. The molecule has 0 aliphatic carbocycles. The highest BCUT2D eigenvalue weighted by atomic mass is 19.1. The number of likely N-dealkylation sites (tertiary alicyclic amines) is 1. The van der Waals surface area contributed by atoms with Crippen LogP contribution in [0.25, 0.3) is 0 Å². The summed E-state index contributed by atoms with van der Waals surface area (Å²) in [5.41, 5.74) is 0.189. The second-order valence-corrected chi connectivity index (χ2v) is 9.78. The van der Waals surface area contributed by atoms with Gasteiger partial charge in [0.15, 0.2) is 0 Å². The normalized spacial score (nSPS) is 25.5. The molecule has 1 amide bonds. The second kappa shape index (κ2) is 10.6. The Morgan fingerprint density at radius 2 is 1.84 bits per heavy atom. The van der Waals surface area contributed by atoms with Gasteiger partial charge in [-0.25, -0.2) is 13.9 Å². The molecule has 2 aliphatic rings. The van der Waals surface area contributed by atoms with E-state index in [0.717, 1.165) is 11.6 Å². The zero-order valence-corrected chi connectivity index (χ0v) is 21.3. The van der Waals surface area contributed by atoms with Gasteiger partial charge in [0.05, 0.1) is 12.5 Å². The summed E-state index contributed by atoms with van der Waals surface area (Å²) in [5, 5.41) is 6.50. The number of carbonyl (C=O) groups excluding carboxylic acids is 1. The Morgan fingerprint density at radius 1 is 1.05 bits per heavy atom. The molecular weight excluding hydrogens is 494 g/mol. The Labute approximate surface area is 219 Å². The number of nitrogens with zero attached hydrogens (tertiary/aromatic N) is 3. The van der Waals surface area contributed by atoms with Crippen molar-refractivity contribution in [3.8, 4) is 0 Å². The molecule has 8 nitrogen and oxygen atoms in total. The molecule has 4 atom stereocenters. The predicted molar refractivity (Wildman–Crippen MR) is 137 cm³/mol. The van der Waals surface area contributed by atoms with Crippen LogP contribution in [0.2, 0.25) is 0 Å². The number of halogens is 2. The van der Waals surface area contributed by atoms with Gasteiger partial charge in [-0.3, -0.25) is 9.59 Å². The molecule has 2 fully saturated rings. The van der Waals surface area contributed by atoms with E-state index in [4.69, 9.17) is 9.47 Å². The largest absolute Gasteiger partial charge is 0.376 e. The Kier molecular flexibility index (Phi) is 7.27. The zero-order chi connectivity index (χ0) is 26.9. The van der Waals surface area contributed by atoms with Crippen LogP contribution >= 0.6 is 0 Å². The molecule has 5 rings (SSSR count). The zero-order valence-electron chi connectivity index (χ0n) is 21.3. The van der Waals surface area contributed by atoms with Crippen molar-refractivity contribution in [2.45, 2.75) is 24.0 Å². The van der Waals surface area contributed by atoms with Crippen molar-refractivity contribution >= 4 is 11.7 Å². The van der Waals surface area contributed by atoms with E-state index < -0.39 is 35.2 Å².